The zero-order chi connectivity index (χ0) is 13.5. The summed E-state index contributed by atoms with van der Waals surface area (Å²) in [5, 5.41) is 0.631. The Balaban J connectivity index is 3.14. The van der Waals surface area contributed by atoms with Crippen LogP contribution in [0.25, 0.3) is 0 Å². The molecule has 100 valence electrons. The van der Waals surface area contributed by atoms with E-state index in [-0.39, 0.29) is 0 Å². The van der Waals surface area contributed by atoms with Gasteiger partial charge in [0.1, 0.15) is 11.5 Å². The van der Waals surface area contributed by atoms with Crippen LogP contribution in [-0.2, 0) is 0 Å². The highest BCUT2D eigenvalue weighted by molar-refractivity contribution is 6.32. The quantitative estimate of drug-likeness (QED) is 0.660. The number of ether oxygens (including phenoxy) is 2. The Hall–Kier alpha value is -1.15. The minimum atomic E-state index is 0.331. The molecule has 0 aliphatic carbocycles. The number of hydrogen-bond acceptors (Lipinski definition) is 2. The molecule has 3 heteroatoms. The Bertz CT molecular complexity index is 402. The van der Waals surface area contributed by atoms with E-state index in [0.29, 0.717) is 29.9 Å². The monoisotopic (exact) mass is 268 g/mol. The van der Waals surface area contributed by atoms with E-state index in [9.17, 15) is 0 Å². The zero-order valence-electron chi connectivity index (χ0n) is 11.3. The first-order valence-corrected chi connectivity index (χ1v) is 6.71. The van der Waals surface area contributed by atoms with E-state index >= 15 is 0 Å². The van der Waals surface area contributed by atoms with Crippen LogP contribution in [-0.4, -0.2) is 13.2 Å². The lowest BCUT2D eigenvalue weighted by atomic mass is 9.96. The first kappa shape index (κ1) is 14.9. The molecule has 0 spiro atoms. The third-order valence-electron chi connectivity index (χ3n) is 2.72. The van der Waals surface area contributed by atoms with Crippen molar-refractivity contribution < 1.29 is 9.47 Å². The third kappa shape index (κ3) is 3.67. The highest BCUT2D eigenvalue weighted by atomic mass is 35.5. The molecule has 18 heavy (non-hydrogen) atoms. The predicted molar refractivity (Wildman–Crippen MR) is 77.0 cm³/mol. The Kier molecular flexibility index (Phi) is 6.06. The summed E-state index contributed by atoms with van der Waals surface area (Å²) in [4.78, 5) is 0. The van der Waals surface area contributed by atoms with Gasteiger partial charge in [-0.15, -0.1) is 6.58 Å². The molecular weight excluding hydrogens is 248 g/mol. The largest absolute Gasteiger partial charge is 0.493 e. The van der Waals surface area contributed by atoms with Crippen molar-refractivity contribution in [3.8, 4) is 11.5 Å². The molecule has 0 radical (unpaired) electrons. The molecule has 0 bridgehead atoms. The van der Waals surface area contributed by atoms with Crippen molar-refractivity contribution in [3.05, 3.63) is 35.4 Å². The normalized spacial score (nSPS) is 12.0. The van der Waals surface area contributed by atoms with E-state index in [4.69, 9.17) is 21.1 Å². The molecular formula is C15H21ClO2. The van der Waals surface area contributed by atoms with Crippen molar-refractivity contribution in [2.24, 2.45) is 0 Å². The molecule has 0 fully saturated rings. The smallest absolute Gasteiger partial charge is 0.141 e. The van der Waals surface area contributed by atoms with Gasteiger partial charge < -0.3 is 9.47 Å². The van der Waals surface area contributed by atoms with Gasteiger partial charge in [-0.25, -0.2) is 0 Å². The summed E-state index contributed by atoms with van der Waals surface area (Å²) in [5.74, 6) is 1.86. The second-order valence-electron chi connectivity index (χ2n) is 4.11. The summed E-state index contributed by atoms with van der Waals surface area (Å²) >= 11 is 6.22. The standard InChI is InChI=1S/C15H21ClO2/c1-5-8-11(4)12-9-13(16)15(18-7-3)10-14(12)17-6-2/h5,9-11H,1,6-8H2,2-4H3. The van der Waals surface area contributed by atoms with Crippen LogP contribution in [0.15, 0.2) is 24.8 Å². The Morgan fingerprint density at radius 3 is 2.39 bits per heavy atom. The highest BCUT2D eigenvalue weighted by Crippen LogP contribution is 2.37. The summed E-state index contributed by atoms with van der Waals surface area (Å²) in [6.07, 6.45) is 2.80. The van der Waals surface area contributed by atoms with E-state index in [2.05, 4.69) is 13.5 Å². The third-order valence-corrected chi connectivity index (χ3v) is 3.01. The van der Waals surface area contributed by atoms with Crippen molar-refractivity contribution >= 4 is 11.6 Å². The fraction of sp³-hybridized carbons (Fsp3) is 0.467. The number of hydrogen-bond donors (Lipinski definition) is 0. The average molecular weight is 269 g/mol. The fourth-order valence-electron chi connectivity index (χ4n) is 1.86. The summed E-state index contributed by atoms with van der Waals surface area (Å²) < 4.78 is 11.2. The second-order valence-corrected chi connectivity index (χ2v) is 4.52. The van der Waals surface area contributed by atoms with Gasteiger partial charge in [0.15, 0.2) is 0 Å². The molecule has 1 aromatic carbocycles. The topological polar surface area (TPSA) is 18.5 Å². The molecule has 0 N–H and O–H groups in total. The Morgan fingerprint density at radius 2 is 1.83 bits per heavy atom. The zero-order valence-corrected chi connectivity index (χ0v) is 12.1. The molecule has 1 atom stereocenters. The number of halogens is 1. The Labute approximate surface area is 115 Å². The first-order chi connectivity index (χ1) is 8.63. The summed E-state index contributed by atoms with van der Waals surface area (Å²) in [7, 11) is 0. The maximum atomic E-state index is 6.22. The molecule has 0 amide bonds. The van der Waals surface area contributed by atoms with Crippen LogP contribution in [0.3, 0.4) is 0 Å². The van der Waals surface area contributed by atoms with Crippen LogP contribution >= 0.6 is 11.6 Å². The van der Waals surface area contributed by atoms with E-state index in [1.165, 1.54) is 0 Å². The van der Waals surface area contributed by atoms with Crippen molar-refractivity contribution in [1.82, 2.24) is 0 Å². The first-order valence-electron chi connectivity index (χ1n) is 6.33. The molecule has 0 heterocycles. The van der Waals surface area contributed by atoms with Crippen LogP contribution in [0.4, 0.5) is 0 Å². The molecule has 1 aromatic rings. The van der Waals surface area contributed by atoms with Crippen LogP contribution in [0.5, 0.6) is 11.5 Å². The summed E-state index contributed by atoms with van der Waals surface area (Å²) in [6, 6.07) is 3.82. The number of allylic oxidation sites excluding steroid dienone is 1. The molecule has 1 rings (SSSR count). The van der Waals surface area contributed by atoms with Crippen molar-refractivity contribution in [2.45, 2.75) is 33.1 Å². The van der Waals surface area contributed by atoms with Gasteiger partial charge in [0.25, 0.3) is 0 Å². The minimum absolute atomic E-state index is 0.331. The molecule has 0 aliphatic heterocycles. The number of benzene rings is 1. The van der Waals surface area contributed by atoms with Gasteiger partial charge in [0.2, 0.25) is 0 Å². The van der Waals surface area contributed by atoms with Crippen LogP contribution in [0, 0.1) is 0 Å². The minimum Gasteiger partial charge on any atom is -0.493 e. The van der Waals surface area contributed by atoms with Crippen LogP contribution in [0.1, 0.15) is 38.7 Å². The van der Waals surface area contributed by atoms with E-state index in [0.717, 1.165) is 17.7 Å². The fourth-order valence-corrected chi connectivity index (χ4v) is 2.09. The second kappa shape index (κ2) is 7.32. The van der Waals surface area contributed by atoms with E-state index < -0.39 is 0 Å². The van der Waals surface area contributed by atoms with Crippen molar-refractivity contribution in [2.75, 3.05) is 13.2 Å². The van der Waals surface area contributed by atoms with Gasteiger partial charge in [0, 0.05) is 6.07 Å². The SMILES string of the molecule is C=CCC(C)c1cc(Cl)c(OCC)cc1OCC. The van der Waals surface area contributed by atoms with Gasteiger partial charge in [-0.3, -0.25) is 0 Å². The van der Waals surface area contributed by atoms with Gasteiger partial charge in [-0.1, -0.05) is 24.6 Å². The molecule has 0 aromatic heterocycles. The highest BCUT2D eigenvalue weighted by Gasteiger charge is 2.15. The van der Waals surface area contributed by atoms with E-state index in [1.54, 1.807) is 0 Å². The van der Waals surface area contributed by atoms with Crippen LogP contribution < -0.4 is 9.47 Å². The van der Waals surface area contributed by atoms with Crippen molar-refractivity contribution in [1.29, 1.82) is 0 Å². The lowest BCUT2D eigenvalue weighted by Gasteiger charge is -2.17. The summed E-state index contributed by atoms with van der Waals surface area (Å²) in [5.41, 5.74) is 1.10. The number of rotatable bonds is 7. The lowest BCUT2D eigenvalue weighted by molar-refractivity contribution is 0.319. The maximum absolute atomic E-state index is 6.22. The molecule has 0 saturated heterocycles. The van der Waals surface area contributed by atoms with E-state index in [1.807, 2.05) is 32.1 Å². The maximum Gasteiger partial charge on any atom is 0.141 e. The van der Waals surface area contributed by atoms with Gasteiger partial charge in [0.05, 0.1) is 18.2 Å². The van der Waals surface area contributed by atoms with Crippen molar-refractivity contribution in [3.63, 3.8) is 0 Å². The average Bonchev–Trinajstić information content (AvgIpc) is 2.34. The van der Waals surface area contributed by atoms with Gasteiger partial charge in [-0.2, -0.15) is 0 Å². The van der Waals surface area contributed by atoms with Gasteiger partial charge in [-0.05, 0) is 37.8 Å². The molecule has 2 nitrogen and oxygen atoms in total. The predicted octanol–water partition coefficient (Wildman–Crippen LogP) is 4.82. The van der Waals surface area contributed by atoms with Crippen LogP contribution in [0.2, 0.25) is 5.02 Å². The van der Waals surface area contributed by atoms with Gasteiger partial charge >= 0.3 is 0 Å². The Morgan fingerprint density at radius 1 is 1.22 bits per heavy atom. The molecule has 0 saturated carbocycles. The molecule has 1 unspecified atom stereocenters. The molecule has 0 aliphatic rings. The lowest BCUT2D eigenvalue weighted by Crippen LogP contribution is -2.02. The summed E-state index contributed by atoms with van der Waals surface area (Å²) in [6.45, 7) is 11.0.